The summed E-state index contributed by atoms with van der Waals surface area (Å²) in [5.41, 5.74) is 0.818. The fourth-order valence-electron chi connectivity index (χ4n) is 2.29. The molecule has 1 aromatic carbocycles. The number of hydrogen-bond acceptors (Lipinski definition) is 4. The molecule has 0 spiro atoms. The Morgan fingerprint density at radius 2 is 1.96 bits per heavy atom. The summed E-state index contributed by atoms with van der Waals surface area (Å²) in [6.45, 7) is 3.87. The van der Waals surface area contributed by atoms with E-state index in [0.29, 0.717) is 30.8 Å². The van der Waals surface area contributed by atoms with Gasteiger partial charge in [-0.25, -0.2) is 0 Å². The first kappa shape index (κ1) is 17.5. The highest BCUT2D eigenvalue weighted by Gasteiger charge is 2.33. The van der Waals surface area contributed by atoms with Crippen LogP contribution >= 0.6 is 47.2 Å². The number of amides is 1. The number of thiocarbonyl (C=S) groups is 1. The van der Waals surface area contributed by atoms with Crippen LogP contribution in [0.5, 0.6) is 0 Å². The largest absolute Gasteiger partial charge is 0.457 e. The first-order chi connectivity index (χ1) is 11.4. The molecule has 0 aliphatic carbocycles. The van der Waals surface area contributed by atoms with Crippen molar-refractivity contribution in [3.05, 3.63) is 51.0 Å². The molecule has 24 heavy (non-hydrogen) atoms. The lowest BCUT2D eigenvalue weighted by Crippen LogP contribution is -2.34. The Morgan fingerprint density at radius 1 is 1.21 bits per heavy atom. The van der Waals surface area contributed by atoms with Crippen LogP contribution in [0.1, 0.15) is 19.6 Å². The van der Waals surface area contributed by atoms with Crippen molar-refractivity contribution in [2.45, 2.75) is 19.9 Å². The monoisotopic (exact) mass is 397 g/mol. The highest BCUT2D eigenvalue weighted by atomic mass is 35.5. The zero-order valence-electron chi connectivity index (χ0n) is 12.9. The van der Waals surface area contributed by atoms with Crippen molar-refractivity contribution in [3.63, 3.8) is 0 Å². The number of nitrogens with zero attached hydrogens (tertiary/aromatic N) is 1. The van der Waals surface area contributed by atoms with Crippen LogP contribution in [0.2, 0.25) is 10.0 Å². The van der Waals surface area contributed by atoms with Gasteiger partial charge in [0.05, 0.1) is 15.0 Å². The highest BCUT2D eigenvalue weighted by molar-refractivity contribution is 8.26. The fraction of sp³-hybridized carbons (Fsp3) is 0.176. The Hall–Kier alpha value is -1.27. The van der Waals surface area contributed by atoms with E-state index in [0.717, 1.165) is 5.56 Å². The molecule has 0 radical (unpaired) electrons. The lowest BCUT2D eigenvalue weighted by atomic mass is 10.2. The van der Waals surface area contributed by atoms with Gasteiger partial charge in [0.2, 0.25) is 0 Å². The molecule has 0 atom stereocenters. The normalized spacial score (nSPS) is 16.7. The van der Waals surface area contributed by atoms with Crippen LogP contribution in [0.3, 0.4) is 0 Å². The van der Waals surface area contributed by atoms with E-state index < -0.39 is 0 Å². The second-order valence-corrected chi connectivity index (χ2v) is 7.97. The molecule has 0 N–H and O–H groups in total. The average Bonchev–Trinajstić information content (AvgIpc) is 3.07. The van der Waals surface area contributed by atoms with E-state index in [1.807, 2.05) is 26.0 Å². The van der Waals surface area contributed by atoms with E-state index >= 15 is 0 Å². The first-order valence-corrected chi connectivity index (χ1v) is 9.17. The summed E-state index contributed by atoms with van der Waals surface area (Å²) >= 11 is 18.5. The van der Waals surface area contributed by atoms with E-state index in [1.54, 1.807) is 29.2 Å². The van der Waals surface area contributed by atoms with Crippen molar-refractivity contribution in [2.24, 2.45) is 0 Å². The van der Waals surface area contributed by atoms with E-state index in [-0.39, 0.29) is 11.9 Å². The quantitative estimate of drug-likeness (QED) is 0.479. The number of furan rings is 1. The number of halogens is 2. The van der Waals surface area contributed by atoms with Crippen LogP contribution < -0.4 is 0 Å². The van der Waals surface area contributed by atoms with Crippen molar-refractivity contribution in [3.8, 4) is 11.3 Å². The van der Waals surface area contributed by atoms with Gasteiger partial charge in [-0.05, 0) is 44.2 Å². The molecule has 1 amide bonds. The van der Waals surface area contributed by atoms with Crippen molar-refractivity contribution < 1.29 is 9.21 Å². The molecule has 3 nitrogen and oxygen atoms in total. The summed E-state index contributed by atoms with van der Waals surface area (Å²) in [5, 5.41) is 0.953. The molecular formula is C17H13Cl2NO2S2. The van der Waals surface area contributed by atoms with Crippen LogP contribution in [-0.4, -0.2) is 21.2 Å². The van der Waals surface area contributed by atoms with Crippen molar-refractivity contribution in [1.82, 2.24) is 4.90 Å². The molecule has 0 unspecified atom stereocenters. The van der Waals surface area contributed by atoms with Gasteiger partial charge in [-0.3, -0.25) is 9.69 Å². The van der Waals surface area contributed by atoms with Crippen molar-refractivity contribution in [1.29, 1.82) is 0 Å². The van der Waals surface area contributed by atoms with Crippen LogP contribution in [0.15, 0.2) is 39.7 Å². The Labute approximate surface area is 159 Å². The van der Waals surface area contributed by atoms with Crippen molar-refractivity contribution in [2.75, 3.05) is 0 Å². The summed E-state index contributed by atoms with van der Waals surface area (Å²) < 4.78 is 6.37. The molecule has 124 valence electrons. The fourth-order valence-corrected chi connectivity index (χ4v) is 4.09. The van der Waals surface area contributed by atoms with Crippen LogP contribution in [-0.2, 0) is 4.79 Å². The molecule has 0 bridgehead atoms. The minimum Gasteiger partial charge on any atom is -0.457 e. The van der Waals surface area contributed by atoms with Crippen LogP contribution in [0, 0.1) is 0 Å². The predicted molar refractivity (Wildman–Crippen MR) is 104 cm³/mol. The van der Waals surface area contributed by atoms with E-state index in [2.05, 4.69) is 0 Å². The summed E-state index contributed by atoms with van der Waals surface area (Å²) in [6, 6.07) is 8.95. The Kier molecular flexibility index (Phi) is 5.06. The second-order valence-electron chi connectivity index (χ2n) is 5.48. The Morgan fingerprint density at radius 3 is 2.58 bits per heavy atom. The van der Waals surface area contributed by atoms with E-state index in [4.69, 9.17) is 39.8 Å². The maximum Gasteiger partial charge on any atom is 0.266 e. The minimum absolute atomic E-state index is 0.0340. The molecule has 1 saturated heterocycles. The molecule has 1 fully saturated rings. The second kappa shape index (κ2) is 6.92. The Balaban J connectivity index is 1.87. The zero-order valence-corrected chi connectivity index (χ0v) is 16.0. The molecule has 1 aliphatic rings. The van der Waals surface area contributed by atoms with E-state index in [9.17, 15) is 4.79 Å². The predicted octanol–water partition coefficient (Wildman–Crippen LogP) is 5.86. The number of hydrogen-bond donors (Lipinski definition) is 0. The van der Waals surface area contributed by atoms with Gasteiger partial charge in [0, 0.05) is 17.7 Å². The third-order valence-corrected chi connectivity index (χ3v) is 5.51. The topological polar surface area (TPSA) is 33.5 Å². The zero-order chi connectivity index (χ0) is 17.4. The molecule has 2 aromatic rings. The summed E-state index contributed by atoms with van der Waals surface area (Å²) in [5.74, 6) is 1.15. The third kappa shape index (κ3) is 3.40. The summed E-state index contributed by atoms with van der Waals surface area (Å²) in [7, 11) is 0. The van der Waals surface area contributed by atoms with Gasteiger partial charge >= 0.3 is 0 Å². The van der Waals surface area contributed by atoms with Gasteiger partial charge in [0.15, 0.2) is 0 Å². The highest BCUT2D eigenvalue weighted by Crippen LogP contribution is 2.35. The smallest absolute Gasteiger partial charge is 0.266 e. The average molecular weight is 398 g/mol. The first-order valence-electron chi connectivity index (χ1n) is 7.19. The Bertz CT molecular complexity index is 858. The maximum atomic E-state index is 12.4. The minimum atomic E-state index is -0.0903. The molecule has 7 heteroatoms. The summed E-state index contributed by atoms with van der Waals surface area (Å²) in [4.78, 5) is 14.6. The van der Waals surface area contributed by atoms with Crippen LogP contribution in [0.4, 0.5) is 0 Å². The lowest BCUT2D eigenvalue weighted by molar-refractivity contribution is -0.123. The molecule has 3 rings (SSSR count). The lowest BCUT2D eigenvalue weighted by Gasteiger charge is -2.18. The maximum absolute atomic E-state index is 12.4. The standard InChI is InChI=1S/C17H13Cl2NO2S2/c1-9(2)20-16(21)15(24-17(20)23)8-11-4-6-14(22-11)10-3-5-12(18)13(19)7-10/h3-9H,1-2H3/b15-8+. The number of rotatable bonds is 3. The van der Waals surface area contributed by atoms with Gasteiger partial charge < -0.3 is 4.42 Å². The number of thioether (sulfide) groups is 1. The van der Waals surface area contributed by atoms with Gasteiger partial charge in [0.25, 0.3) is 5.91 Å². The van der Waals surface area contributed by atoms with Gasteiger partial charge in [0.1, 0.15) is 15.8 Å². The van der Waals surface area contributed by atoms with E-state index in [1.165, 1.54) is 11.8 Å². The van der Waals surface area contributed by atoms with Gasteiger partial charge in [-0.1, -0.05) is 47.2 Å². The van der Waals surface area contributed by atoms with Crippen LogP contribution in [0.25, 0.3) is 17.4 Å². The number of carbonyl (C=O) groups excluding carboxylic acids is 1. The number of benzene rings is 1. The van der Waals surface area contributed by atoms with Gasteiger partial charge in [-0.2, -0.15) is 0 Å². The molecule has 1 aromatic heterocycles. The molecule has 2 heterocycles. The van der Waals surface area contributed by atoms with Crippen molar-refractivity contribution >= 4 is 63.5 Å². The van der Waals surface area contributed by atoms with Gasteiger partial charge in [-0.15, -0.1) is 0 Å². The summed E-state index contributed by atoms with van der Waals surface area (Å²) in [6.07, 6.45) is 1.71. The molecule has 0 saturated carbocycles. The SMILES string of the molecule is CC(C)N1C(=O)/C(=C\c2ccc(-c3ccc(Cl)c(Cl)c3)o2)SC1=S. The number of carbonyl (C=O) groups is 1. The molecule has 1 aliphatic heterocycles. The third-order valence-electron chi connectivity index (χ3n) is 3.44. The molecular weight excluding hydrogens is 385 g/mol.